The minimum atomic E-state index is 0.514. The second kappa shape index (κ2) is 10.7. The molecule has 1 aromatic heterocycles. The van der Waals surface area contributed by atoms with E-state index in [1.807, 2.05) is 46.8 Å². The van der Waals surface area contributed by atoms with E-state index in [0.29, 0.717) is 11.7 Å². The third-order valence-corrected chi connectivity index (χ3v) is 1.24. The van der Waals surface area contributed by atoms with E-state index in [9.17, 15) is 0 Å². The molecule has 0 fully saturated rings. The lowest BCUT2D eigenvalue weighted by atomic mass is 10.3. The highest BCUT2D eigenvalue weighted by Crippen LogP contribution is 2.09. The monoisotopic (exact) mass is 210 g/mol. The van der Waals surface area contributed by atoms with Crippen molar-refractivity contribution in [2.24, 2.45) is 0 Å². The van der Waals surface area contributed by atoms with E-state index < -0.39 is 0 Å². The first kappa shape index (κ1) is 16.1. The summed E-state index contributed by atoms with van der Waals surface area (Å²) < 4.78 is 5.11. The Labute approximate surface area is 92.7 Å². The fraction of sp³-hybridized carbons (Fsp3) is 0.500. The first-order chi connectivity index (χ1) is 7.27. The van der Waals surface area contributed by atoms with Gasteiger partial charge in [0.15, 0.2) is 11.7 Å². The van der Waals surface area contributed by atoms with Crippen molar-refractivity contribution in [3.05, 3.63) is 23.4 Å². The molecule has 0 saturated carbocycles. The summed E-state index contributed by atoms with van der Waals surface area (Å²) in [5.41, 5.74) is 0.722. The topological polar surface area (TPSA) is 49.9 Å². The molecule has 1 N–H and O–H groups in total. The highest BCUT2D eigenvalue weighted by atomic mass is 16.4. The summed E-state index contributed by atoms with van der Waals surface area (Å²) in [5.74, 6) is 1.11. The van der Waals surface area contributed by atoms with E-state index >= 15 is 0 Å². The number of allylic oxidation sites excluding steroid dienone is 1. The molecule has 0 aliphatic carbocycles. The van der Waals surface area contributed by atoms with Gasteiger partial charge in [-0.3, -0.25) is 0 Å². The van der Waals surface area contributed by atoms with Crippen LogP contribution in [0.25, 0.3) is 6.08 Å². The van der Waals surface area contributed by atoms with Crippen LogP contribution in [0.15, 0.2) is 10.5 Å². The van der Waals surface area contributed by atoms with Gasteiger partial charge >= 0.3 is 0 Å². The van der Waals surface area contributed by atoms with Crippen LogP contribution >= 0.6 is 0 Å². The summed E-state index contributed by atoms with van der Waals surface area (Å²) in [6.45, 7) is 11.7. The third-order valence-electron chi connectivity index (χ3n) is 1.24. The van der Waals surface area contributed by atoms with E-state index in [4.69, 9.17) is 9.83 Å². The van der Waals surface area contributed by atoms with E-state index in [-0.39, 0.29) is 0 Å². The van der Waals surface area contributed by atoms with Crippen molar-refractivity contribution in [1.82, 2.24) is 4.98 Å². The van der Waals surface area contributed by atoms with Gasteiger partial charge in [0.1, 0.15) is 5.69 Å². The van der Waals surface area contributed by atoms with Gasteiger partial charge in [0.25, 0.3) is 0 Å². The van der Waals surface area contributed by atoms with Crippen molar-refractivity contribution in [2.75, 3.05) is 0 Å². The van der Waals surface area contributed by atoms with E-state index in [1.54, 1.807) is 6.92 Å². The van der Waals surface area contributed by atoms with E-state index in [1.165, 1.54) is 0 Å². The molecule has 0 aromatic carbocycles. The van der Waals surface area contributed by atoms with Gasteiger partial charge in [-0.25, -0.2) is 4.98 Å². The molecule has 0 saturated heterocycles. The Morgan fingerprint density at radius 3 is 2.13 bits per heavy atom. The number of nitrogens with zero attached hydrogens (tertiary/aromatic N) is 1. The van der Waals surface area contributed by atoms with E-state index in [0.717, 1.165) is 11.9 Å². The highest BCUT2D eigenvalue weighted by Gasteiger charge is 2.03. The molecule has 1 rings (SSSR count). The third kappa shape index (κ3) is 5.83. The Kier molecular flexibility index (Phi) is 11.5. The molecule has 1 heterocycles. The van der Waals surface area contributed by atoms with Gasteiger partial charge in [-0.2, -0.15) is 0 Å². The largest absolute Gasteiger partial charge is 0.439 e. The Morgan fingerprint density at radius 1 is 1.20 bits per heavy atom. The lowest BCUT2D eigenvalue weighted by Gasteiger charge is -1.82. The fourth-order valence-corrected chi connectivity index (χ4v) is 0.840. The molecule has 3 heteroatoms. The van der Waals surface area contributed by atoms with Crippen molar-refractivity contribution in [3.8, 4) is 0 Å². The maximum absolute atomic E-state index is 6.98. The highest BCUT2D eigenvalue weighted by molar-refractivity contribution is 5.78. The van der Waals surface area contributed by atoms with Crippen LogP contribution in [0.5, 0.6) is 0 Å². The van der Waals surface area contributed by atoms with Gasteiger partial charge in [0.2, 0.25) is 0 Å². The maximum Gasteiger partial charge on any atom is 0.192 e. The summed E-state index contributed by atoms with van der Waals surface area (Å²) in [6, 6.07) is 0. The molecule has 3 nitrogen and oxygen atoms in total. The minimum Gasteiger partial charge on any atom is -0.439 e. The molecule has 86 valence electrons. The molecule has 0 atom stereocenters. The van der Waals surface area contributed by atoms with Crippen LogP contribution in [0.2, 0.25) is 0 Å². The summed E-state index contributed by atoms with van der Waals surface area (Å²) in [7, 11) is 0. The Morgan fingerprint density at radius 2 is 1.73 bits per heavy atom. The quantitative estimate of drug-likeness (QED) is 0.748. The zero-order chi connectivity index (χ0) is 12.3. The fourth-order valence-electron chi connectivity index (χ4n) is 0.840. The van der Waals surface area contributed by atoms with Gasteiger partial charge < -0.3 is 9.83 Å². The lowest BCUT2D eigenvalue weighted by molar-refractivity contribution is 0.515. The zero-order valence-electron chi connectivity index (χ0n) is 10.6. The van der Waals surface area contributed by atoms with Crippen LogP contribution in [0.4, 0.5) is 0 Å². The molecule has 0 amide bonds. The molecule has 0 bridgehead atoms. The molecular formula is C12H22N2O. The summed E-state index contributed by atoms with van der Waals surface area (Å²) >= 11 is 0. The molecule has 15 heavy (non-hydrogen) atoms. The molecular weight excluding hydrogens is 188 g/mol. The molecule has 1 aromatic rings. The molecule has 0 aliphatic rings. The zero-order valence-corrected chi connectivity index (χ0v) is 10.6. The predicted octanol–water partition coefficient (Wildman–Crippen LogP) is 4.07. The number of hydrogen-bond acceptors (Lipinski definition) is 3. The van der Waals surface area contributed by atoms with Crippen LogP contribution < -0.4 is 0 Å². The van der Waals surface area contributed by atoms with Crippen LogP contribution in [0.3, 0.4) is 0 Å². The number of oxazole rings is 1. The maximum atomic E-state index is 6.98. The second-order valence-corrected chi connectivity index (χ2v) is 2.13. The van der Waals surface area contributed by atoms with Gasteiger partial charge in [-0.15, -0.1) is 0 Å². The second-order valence-electron chi connectivity index (χ2n) is 2.13. The van der Waals surface area contributed by atoms with Gasteiger partial charge in [0, 0.05) is 6.92 Å². The molecule has 0 unspecified atom stereocenters. The molecule has 0 aliphatic heterocycles. The minimum absolute atomic E-state index is 0.514. The van der Waals surface area contributed by atoms with Gasteiger partial charge in [-0.05, 0) is 13.0 Å². The standard InChI is InChI=1S/C8H10N2O.2C2H6/c1-3-4-7-8(5-9)11-6(2)10-7;2*1-2/h3-5,9H,1-2H3;2*1-2H3/b4-3-,9-5?;;. The summed E-state index contributed by atoms with van der Waals surface area (Å²) in [5, 5.41) is 6.98. The lowest BCUT2D eigenvalue weighted by Crippen LogP contribution is -1.79. The number of hydrogen-bond donors (Lipinski definition) is 1. The van der Waals surface area contributed by atoms with Gasteiger partial charge in [0.05, 0.1) is 6.21 Å². The van der Waals surface area contributed by atoms with Crippen molar-refractivity contribution in [3.63, 3.8) is 0 Å². The van der Waals surface area contributed by atoms with Crippen LogP contribution in [-0.4, -0.2) is 11.2 Å². The average Bonchev–Trinajstić information content (AvgIpc) is 2.65. The normalized spacial score (nSPS) is 8.67. The number of aromatic nitrogens is 1. The predicted molar refractivity (Wildman–Crippen MR) is 66.5 cm³/mol. The number of rotatable bonds is 2. The van der Waals surface area contributed by atoms with Crippen LogP contribution in [0.1, 0.15) is 52.0 Å². The van der Waals surface area contributed by atoms with Crippen molar-refractivity contribution >= 4 is 12.3 Å². The average molecular weight is 210 g/mol. The first-order valence-electron chi connectivity index (χ1n) is 5.38. The van der Waals surface area contributed by atoms with Gasteiger partial charge in [-0.1, -0.05) is 33.8 Å². The Balaban J connectivity index is 0. The Bertz CT molecular complexity index is 288. The summed E-state index contributed by atoms with van der Waals surface area (Å²) in [6.07, 6.45) is 4.84. The first-order valence-corrected chi connectivity index (χ1v) is 5.38. The Hall–Kier alpha value is -1.38. The van der Waals surface area contributed by atoms with E-state index in [2.05, 4.69) is 4.98 Å². The smallest absolute Gasteiger partial charge is 0.192 e. The van der Waals surface area contributed by atoms with Crippen molar-refractivity contribution in [2.45, 2.75) is 41.5 Å². The number of nitrogens with one attached hydrogen (secondary N) is 1. The van der Waals surface area contributed by atoms with Crippen molar-refractivity contribution in [1.29, 1.82) is 5.41 Å². The molecule has 0 radical (unpaired) electrons. The number of aryl methyl sites for hydroxylation is 1. The summed E-state index contributed by atoms with van der Waals surface area (Å²) in [4.78, 5) is 4.07. The van der Waals surface area contributed by atoms with Crippen molar-refractivity contribution < 1.29 is 4.42 Å². The van der Waals surface area contributed by atoms with Crippen LogP contribution in [-0.2, 0) is 0 Å². The van der Waals surface area contributed by atoms with Crippen LogP contribution in [0, 0.1) is 12.3 Å². The SMILES string of the molecule is C/C=C\c1nc(C)oc1C=N.CC.CC. The molecule has 0 spiro atoms.